The second-order valence-corrected chi connectivity index (χ2v) is 7.72. The monoisotopic (exact) mass is 406 g/mol. The third kappa shape index (κ3) is 4.45. The Labute approximate surface area is 175 Å². The van der Waals surface area contributed by atoms with Crippen molar-refractivity contribution in [1.82, 2.24) is 35.3 Å². The van der Waals surface area contributed by atoms with Gasteiger partial charge >= 0.3 is 0 Å². The number of rotatable bonds is 5. The van der Waals surface area contributed by atoms with E-state index in [-0.39, 0.29) is 11.8 Å². The van der Waals surface area contributed by atoms with E-state index >= 15 is 0 Å². The van der Waals surface area contributed by atoms with Crippen LogP contribution in [0.5, 0.6) is 0 Å². The average Bonchev–Trinajstić information content (AvgIpc) is 3.10. The normalized spacial score (nSPS) is 14.7. The Hall–Kier alpha value is -3.36. The van der Waals surface area contributed by atoms with Crippen molar-refractivity contribution < 1.29 is 4.79 Å². The predicted molar refractivity (Wildman–Crippen MR) is 112 cm³/mol. The Bertz CT molecular complexity index is 1020. The van der Waals surface area contributed by atoms with Crippen LogP contribution >= 0.6 is 0 Å². The SMILES string of the molecule is Cc1cc(CNC(=O)C2CCN(c3ccc(-n4nc(C)cc4C)nn3)CC2)ncn1. The number of anilines is 1. The number of amides is 1. The first kappa shape index (κ1) is 19.9. The molecule has 1 N–H and O–H groups in total. The van der Waals surface area contributed by atoms with Crippen LogP contribution in [0.2, 0.25) is 0 Å². The topological polar surface area (TPSA) is 102 Å². The molecule has 0 aromatic carbocycles. The summed E-state index contributed by atoms with van der Waals surface area (Å²) < 4.78 is 1.79. The van der Waals surface area contributed by atoms with E-state index in [2.05, 4.69) is 35.5 Å². The Morgan fingerprint density at radius 3 is 2.40 bits per heavy atom. The first-order chi connectivity index (χ1) is 14.5. The lowest BCUT2D eigenvalue weighted by molar-refractivity contribution is -0.125. The maximum absolute atomic E-state index is 12.5. The van der Waals surface area contributed by atoms with Gasteiger partial charge in [-0.1, -0.05) is 0 Å². The summed E-state index contributed by atoms with van der Waals surface area (Å²) >= 11 is 0. The Balaban J connectivity index is 1.30. The van der Waals surface area contributed by atoms with Crippen molar-refractivity contribution in [2.24, 2.45) is 5.92 Å². The van der Waals surface area contributed by atoms with Crippen LogP contribution in [0.3, 0.4) is 0 Å². The molecule has 4 heterocycles. The zero-order chi connectivity index (χ0) is 21.1. The van der Waals surface area contributed by atoms with Gasteiger partial charge in [-0.05, 0) is 57.9 Å². The smallest absolute Gasteiger partial charge is 0.223 e. The first-order valence-corrected chi connectivity index (χ1v) is 10.2. The number of carbonyl (C=O) groups is 1. The molecule has 0 radical (unpaired) electrons. The minimum atomic E-state index is 0.00566. The van der Waals surface area contributed by atoms with Crippen molar-refractivity contribution in [2.75, 3.05) is 18.0 Å². The van der Waals surface area contributed by atoms with E-state index in [4.69, 9.17) is 0 Å². The molecule has 4 rings (SSSR count). The molecule has 0 unspecified atom stereocenters. The van der Waals surface area contributed by atoms with Crippen LogP contribution < -0.4 is 10.2 Å². The van der Waals surface area contributed by atoms with Crippen LogP contribution in [0.15, 0.2) is 30.6 Å². The molecule has 0 bridgehead atoms. The van der Waals surface area contributed by atoms with Gasteiger partial charge in [0.05, 0.1) is 17.9 Å². The molecule has 9 heteroatoms. The zero-order valence-corrected chi connectivity index (χ0v) is 17.5. The van der Waals surface area contributed by atoms with Crippen molar-refractivity contribution in [3.05, 3.63) is 53.4 Å². The summed E-state index contributed by atoms with van der Waals surface area (Å²) in [6, 6.07) is 7.80. The molecular weight excluding hydrogens is 380 g/mol. The largest absolute Gasteiger partial charge is 0.355 e. The molecule has 0 saturated carbocycles. The molecule has 1 aliphatic heterocycles. The van der Waals surface area contributed by atoms with Gasteiger partial charge in [-0.2, -0.15) is 5.10 Å². The molecule has 30 heavy (non-hydrogen) atoms. The minimum Gasteiger partial charge on any atom is -0.355 e. The number of hydrogen-bond acceptors (Lipinski definition) is 7. The molecule has 156 valence electrons. The lowest BCUT2D eigenvalue weighted by atomic mass is 9.96. The van der Waals surface area contributed by atoms with Gasteiger partial charge in [-0.15, -0.1) is 10.2 Å². The molecule has 1 aliphatic rings. The summed E-state index contributed by atoms with van der Waals surface area (Å²) in [6.07, 6.45) is 3.10. The van der Waals surface area contributed by atoms with Crippen LogP contribution in [-0.4, -0.2) is 48.9 Å². The number of carbonyl (C=O) groups excluding carboxylic acids is 1. The summed E-state index contributed by atoms with van der Waals surface area (Å²) in [4.78, 5) is 23.0. The predicted octanol–water partition coefficient (Wildman–Crippen LogP) is 1.91. The van der Waals surface area contributed by atoms with Crippen molar-refractivity contribution in [2.45, 2.75) is 40.2 Å². The first-order valence-electron chi connectivity index (χ1n) is 10.2. The highest BCUT2D eigenvalue weighted by atomic mass is 16.1. The summed E-state index contributed by atoms with van der Waals surface area (Å²) in [5, 5.41) is 16.2. The summed E-state index contributed by atoms with van der Waals surface area (Å²) in [5.41, 5.74) is 3.70. The van der Waals surface area contributed by atoms with Crippen molar-refractivity contribution >= 4 is 11.7 Å². The fourth-order valence-electron chi connectivity index (χ4n) is 3.76. The van der Waals surface area contributed by atoms with E-state index in [1.807, 2.05) is 45.0 Å². The van der Waals surface area contributed by atoms with Crippen LogP contribution in [0, 0.1) is 26.7 Å². The Kier molecular flexibility index (Phi) is 5.69. The van der Waals surface area contributed by atoms with Gasteiger partial charge in [0.25, 0.3) is 0 Å². The zero-order valence-electron chi connectivity index (χ0n) is 17.5. The van der Waals surface area contributed by atoms with E-state index in [0.29, 0.717) is 12.4 Å². The lowest BCUT2D eigenvalue weighted by Crippen LogP contribution is -2.40. The summed E-state index contributed by atoms with van der Waals surface area (Å²) in [5.74, 6) is 1.62. The van der Waals surface area contributed by atoms with Crippen LogP contribution in [0.1, 0.15) is 35.6 Å². The molecule has 1 saturated heterocycles. The van der Waals surface area contributed by atoms with Gasteiger partial charge in [0.2, 0.25) is 5.91 Å². The quantitative estimate of drug-likeness (QED) is 0.690. The highest BCUT2D eigenvalue weighted by Gasteiger charge is 2.25. The van der Waals surface area contributed by atoms with Gasteiger partial charge in [-0.3, -0.25) is 4.79 Å². The van der Waals surface area contributed by atoms with Crippen LogP contribution in [0.4, 0.5) is 5.82 Å². The second-order valence-electron chi connectivity index (χ2n) is 7.72. The van der Waals surface area contributed by atoms with E-state index in [9.17, 15) is 4.79 Å². The Morgan fingerprint density at radius 1 is 1.03 bits per heavy atom. The summed E-state index contributed by atoms with van der Waals surface area (Å²) in [7, 11) is 0. The number of aromatic nitrogens is 6. The van der Waals surface area contributed by atoms with Gasteiger partial charge in [-0.25, -0.2) is 14.6 Å². The molecule has 9 nitrogen and oxygen atoms in total. The minimum absolute atomic E-state index is 0.00566. The highest BCUT2D eigenvalue weighted by Crippen LogP contribution is 2.22. The lowest BCUT2D eigenvalue weighted by Gasteiger charge is -2.31. The molecule has 0 aliphatic carbocycles. The third-order valence-electron chi connectivity index (χ3n) is 5.36. The number of piperidine rings is 1. The van der Waals surface area contributed by atoms with Gasteiger partial charge in [0.15, 0.2) is 11.6 Å². The van der Waals surface area contributed by atoms with Gasteiger partial charge in [0, 0.05) is 30.4 Å². The van der Waals surface area contributed by atoms with E-state index in [1.54, 1.807) is 4.68 Å². The number of nitrogens with one attached hydrogen (secondary N) is 1. The van der Waals surface area contributed by atoms with Crippen LogP contribution in [0.25, 0.3) is 5.82 Å². The van der Waals surface area contributed by atoms with Crippen LogP contribution in [-0.2, 0) is 11.3 Å². The molecule has 1 amide bonds. The third-order valence-corrected chi connectivity index (χ3v) is 5.36. The maximum Gasteiger partial charge on any atom is 0.223 e. The fraction of sp³-hybridized carbons (Fsp3) is 0.429. The van der Waals surface area contributed by atoms with Crippen molar-refractivity contribution in [1.29, 1.82) is 0 Å². The molecule has 1 fully saturated rings. The number of aryl methyl sites for hydroxylation is 3. The standard InChI is InChI=1S/C21H26N8O/c1-14-11-18(24-13-23-14)12-22-21(30)17-6-8-28(9-7-17)19-4-5-20(26-25-19)29-16(3)10-15(2)27-29/h4-5,10-11,13,17H,6-9,12H2,1-3H3,(H,22,30). The highest BCUT2D eigenvalue weighted by molar-refractivity contribution is 5.78. The Morgan fingerprint density at radius 2 is 1.77 bits per heavy atom. The molecule has 0 spiro atoms. The fourth-order valence-corrected chi connectivity index (χ4v) is 3.76. The second kappa shape index (κ2) is 8.56. The van der Waals surface area contributed by atoms with E-state index < -0.39 is 0 Å². The van der Waals surface area contributed by atoms with Gasteiger partial charge < -0.3 is 10.2 Å². The summed E-state index contributed by atoms with van der Waals surface area (Å²) in [6.45, 7) is 7.85. The molecular formula is C21H26N8O. The number of hydrogen-bond donors (Lipinski definition) is 1. The maximum atomic E-state index is 12.5. The van der Waals surface area contributed by atoms with Crippen molar-refractivity contribution in [3.63, 3.8) is 0 Å². The van der Waals surface area contributed by atoms with E-state index in [1.165, 1.54) is 6.33 Å². The van der Waals surface area contributed by atoms with Gasteiger partial charge in [0.1, 0.15) is 6.33 Å². The average molecular weight is 406 g/mol. The van der Waals surface area contributed by atoms with Crippen molar-refractivity contribution in [3.8, 4) is 5.82 Å². The molecule has 0 atom stereocenters. The molecule has 3 aromatic heterocycles. The molecule has 3 aromatic rings. The number of nitrogens with zero attached hydrogens (tertiary/aromatic N) is 7. The van der Waals surface area contributed by atoms with E-state index in [0.717, 1.165) is 54.5 Å².